The van der Waals surface area contributed by atoms with Crippen LogP contribution in [0.1, 0.15) is 118 Å². The fourth-order valence-corrected chi connectivity index (χ4v) is 7.26. The number of unbranched alkanes of at least 4 members (excludes halogenated alkanes) is 12. The van der Waals surface area contributed by atoms with Crippen LogP contribution in [0.3, 0.4) is 0 Å². The van der Waals surface area contributed by atoms with Gasteiger partial charge in [0.05, 0.1) is 31.8 Å². The molecule has 0 saturated carbocycles. The molecule has 2 unspecified atom stereocenters. The molecule has 0 N–H and O–H groups in total. The van der Waals surface area contributed by atoms with Gasteiger partial charge in [-0.25, -0.2) is 0 Å². The molecule has 2 atom stereocenters. The Morgan fingerprint density at radius 3 is 1.22 bits per heavy atom. The lowest BCUT2D eigenvalue weighted by molar-refractivity contribution is -0.315. The predicted molar refractivity (Wildman–Crippen MR) is 163 cm³/mol. The third-order valence-electron chi connectivity index (χ3n) is 7.69. The van der Waals surface area contributed by atoms with Crippen LogP contribution < -0.4 is 0 Å². The summed E-state index contributed by atoms with van der Waals surface area (Å²) in [6.45, 7) is 11.8. The van der Waals surface area contributed by atoms with Gasteiger partial charge in [-0.2, -0.15) is 23.5 Å². The van der Waals surface area contributed by atoms with Crippen molar-refractivity contribution >= 4 is 23.5 Å². The third-order valence-corrected chi connectivity index (χ3v) is 10.4. The second-order valence-corrected chi connectivity index (χ2v) is 14.1. The minimum absolute atomic E-state index is 0.0909. The fraction of sp³-hybridized carbons (Fsp3) is 1.00. The van der Waals surface area contributed by atoms with Crippen LogP contribution in [0.5, 0.6) is 0 Å². The summed E-state index contributed by atoms with van der Waals surface area (Å²) < 4.78 is 24.8. The molecule has 2 heterocycles. The van der Waals surface area contributed by atoms with E-state index in [4.69, 9.17) is 18.9 Å². The zero-order chi connectivity index (χ0) is 26.6. The van der Waals surface area contributed by atoms with Crippen molar-refractivity contribution < 1.29 is 18.9 Å². The lowest BCUT2D eigenvalue weighted by atomic mass is 9.90. The highest BCUT2D eigenvalue weighted by atomic mass is 32.2. The van der Waals surface area contributed by atoms with Crippen molar-refractivity contribution in [3.8, 4) is 0 Å². The Kier molecular flexibility index (Phi) is 19.4. The van der Waals surface area contributed by atoms with Gasteiger partial charge < -0.3 is 18.9 Å². The van der Waals surface area contributed by atoms with Crippen LogP contribution in [-0.2, 0) is 18.9 Å². The van der Waals surface area contributed by atoms with Gasteiger partial charge in [-0.15, -0.1) is 0 Å². The van der Waals surface area contributed by atoms with Crippen LogP contribution in [-0.4, -0.2) is 62.0 Å². The molecule has 0 aromatic carbocycles. The van der Waals surface area contributed by atoms with Crippen molar-refractivity contribution in [3.05, 3.63) is 0 Å². The van der Waals surface area contributed by atoms with E-state index in [2.05, 4.69) is 51.2 Å². The van der Waals surface area contributed by atoms with Crippen LogP contribution in [0, 0.1) is 17.3 Å². The highest BCUT2D eigenvalue weighted by molar-refractivity contribution is 7.99. The van der Waals surface area contributed by atoms with Crippen molar-refractivity contribution in [1.29, 1.82) is 0 Å². The molecule has 220 valence electrons. The average molecular weight is 561 g/mol. The quantitative estimate of drug-likeness (QED) is 0.123. The lowest BCUT2D eigenvalue weighted by Gasteiger charge is -2.45. The normalized spacial score (nSPS) is 25.9. The van der Waals surface area contributed by atoms with E-state index in [1.807, 2.05) is 0 Å². The first-order valence-corrected chi connectivity index (χ1v) is 18.0. The summed E-state index contributed by atoms with van der Waals surface area (Å²) in [5, 5.41) is 0. The Labute approximate surface area is 238 Å². The maximum Gasteiger partial charge on any atom is 0.160 e. The Balaban J connectivity index is 1.48. The largest absolute Gasteiger partial charge is 0.352 e. The molecule has 1 spiro atoms. The molecule has 6 heteroatoms. The molecule has 0 aliphatic carbocycles. The number of hydrogen-bond donors (Lipinski definition) is 0. The highest BCUT2D eigenvalue weighted by Gasteiger charge is 2.43. The van der Waals surface area contributed by atoms with E-state index in [0.29, 0.717) is 38.3 Å². The van der Waals surface area contributed by atoms with Gasteiger partial charge in [0.1, 0.15) is 0 Å². The molecule has 2 aliphatic heterocycles. The first kappa shape index (κ1) is 33.7. The smallest absolute Gasteiger partial charge is 0.160 e. The van der Waals surface area contributed by atoms with E-state index in [9.17, 15) is 0 Å². The minimum Gasteiger partial charge on any atom is -0.352 e. The van der Waals surface area contributed by atoms with Gasteiger partial charge in [-0.3, -0.25) is 0 Å². The van der Waals surface area contributed by atoms with E-state index >= 15 is 0 Å². The van der Waals surface area contributed by atoms with Gasteiger partial charge in [-0.1, -0.05) is 105 Å². The van der Waals surface area contributed by atoms with Crippen molar-refractivity contribution in [2.24, 2.45) is 17.3 Å². The topological polar surface area (TPSA) is 36.9 Å². The van der Waals surface area contributed by atoms with Crippen LogP contribution in [0.4, 0.5) is 0 Å². The average Bonchev–Trinajstić information content (AvgIpc) is 2.92. The standard InChI is InChI=1S/C31H60O4S2/c1-5-7-9-11-13-15-17-19-36-21-27(3)29-32-23-31(24-33-29)25-34-30(35-26-31)28(4)22-37-20-18-16-14-12-10-8-6-2/h27-30H,5-26H2,1-4H3. The van der Waals surface area contributed by atoms with Gasteiger partial charge in [0, 0.05) is 23.3 Å². The molecule has 2 aliphatic rings. The molecule has 2 rings (SSSR count). The van der Waals surface area contributed by atoms with Crippen molar-refractivity contribution in [1.82, 2.24) is 0 Å². The van der Waals surface area contributed by atoms with Gasteiger partial charge in [0.15, 0.2) is 12.6 Å². The Hall–Kier alpha value is 0.540. The minimum atomic E-state index is -0.137. The monoisotopic (exact) mass is 560 g/mol. The van der Waals surface area contributed by atoms with E-state index in [1.54, 1.807) is 0 Å². The van der Waals surface area contributed by atoms with Crippen molar-refractivity contribution in [2.75, 3.05) is 49.4 Å². The summed E-state index contributed by atoms with van der Waals surface area (Å²) in [7, 11) is 0. The summed E-state index contributed by atoms with van der Waals surface area (Å²) >= 11 is 4.11. The van der Waals surface area contributed by atoms with E-state index in [1.165, 1.54) is 101 Å². The first-order chi connectivity index (χ1) is 18.1. The van der Waals surface area contributed by atoms with Crippen LogP contribution in [0.15, 0.2) is 0 Å². The molecule has 0 bridgehead atoms. The number of rotatable bonds is 22. The van der Waals surface area contributed by atoms with Gasteiger partial charge >= 0.3 is 0 Å². The van der Waals surface area contributed by atoms with Crippen LogP contribution in [0.25, 0.3) is 0 Å². The summed E-state index contributed by atoms with van der Waals surface area (Å²) in [5.41, 5.74) is -0.137. The third kappa shape index (κ3) is 14.7. The molecular weight excluding hydrogens is 500 g/mol. The molecule has 0 radical (unpaired) electrons. The Bertz CT molecular complexity index is 470. The molecular formula is C31H60O4S2. The second kappa shape index (κ2) is 21.3. The van der Waals surface area contributed by atoms with Crippen molar-refractivity contribution in [2.45, 2.75) is 130 Å². The highest BCUT2D eigenvalue weighted by Crippen LogP contribution is 2.34. The summed E-state index contributed by atoms with van der Waals surface area (Å²) in [6.07, 6.45) is 19.1. The SMILES string of the molecule is CCCCCCCCCSCC(C)C1OCC2(CO1)COC(C(C)CSCCCCCCCCC)OC2. The Morgan fingerprint density at radius 1 is 0.541 bits per heavy atom. The number of hydrogen-bond acceptors (Lipinski definition) is 6. The zero-order valence-corrected chi connectivity index (χ0v) is 26.4. The second-order valence-electron chi connectivity index (χ2n) is 11.8. The summed E-state index contributed by atoms with van der Waals surface area (Å²) in [5.74, 6) is 5.56. The van der Waals surface area contributed by atoms with Crippen LogP contribution in [0.2, 0.25) is 0 Å². The van der Waals surface area contributed by atoms with E-state index in [0.717, 1.165) is 11.5 Å². The maximum atomic E-state index is 6.20. The molecule has 2 fully saturated rings. The summed E-state index contributed by atoms with van der Waals surface area (Å²) in [4.78, 5) is 0. The van der Waals surface area contributed by atoms with Gasteiger partial charge in [-0.05, 0) is 24.3 Å². The fourth-order valence-electron chi connectivity index (χ4n) is 5.06. The maximum absolute atomic E-state index is 6.20. The molecule has 0 amide bonds. The number of thioether (sulfide) groups is 2. The van der Waals surface area contributed by atoms with E-state index in [-0.39, 0.29) is 18.0 Å². The first-order valence-electron chi connectivity index (χ1n) is 15.7. The molecule has 2 saturated heterocycles. The zero-order valence-electron chi connectivity index (χ0n) is 24.8. The van der Waals surface area contributed by atoms with Gasteiger partial charge in [0.2, 0.25) is 0 Å². The Morgan fingerprint density at radius 2 is 0.865 bits per heavy atom. The number of ether oxygens (including phenoxy) is 4. The predicted octanol–water partition coefficient (Wildman–Crippen LogP) is 8.96. The summed E-state index contributed by atoms with van der Waals surface area (Å²) in [6, 6.07) is 0. The van der Waals surface area contributed by atoms with Crippen molar-refractivity contribution in [3.63, 3.8) is 0 Å². The van der Waals surface area contributed by atoms with E-state index < -0.39 is 0 Å². The van der Waals surface area contributed by atoms with Gasteiger partial charge in [0.25, 0.3) is 0 Å². The van der Waals surface area contributed by atoms with Crippen LogP contribution >= 0.6 is 23.5 Å². The molecule has 37 heavy (non-hydrogen) atoms. The lowest BCUT2D eigenvalue weighted by Crippen LogP contribution is -2.54. The molecule has 4 nitrogen and oxygen atoms in total. The molecule has 0 aromatic rings. The molecule has 0 aromatic heterocycles.